The van der Waals surface area contributed by atoms with Crippen LogP contribution in [-0.2, 0) is 14.3 Å². The van der Waals surface area contributed by atoms with Gasteiger partial charge in [0.15, 0.2) is 6.04 Å². The molecule has 0 fully saturated rings. The maximum Gasteiger partial charge on any atom is 0.332 e. The molecule has 0 heterocycles. The highest BCUT2D eigenvalue weighted by molar-refractivity contribution is 6.01. The van der Waals surface area contributed by atoms with Gasteiger partial charge in [-0.2, -0.15) is 0 Å². The van der Waals surface area contributed by atoms with Gasteiger partial charge in [-0.1, -0.05) is 12.1 Å². The van der Waals surface area contributed by atoms with Gasteiger partial charge in [0, 0.05) is 6.54 Å². The zero-order chi connectivity index (χ0) is 16.0. The molecule has 0 aromatic heterocycles. The number of esters is 1. The monoisotopic (exact) mass is 294 g/mol. The van der Waals surface area contributed by atoms with E-state index in [0.717, 1.165) is 5.56 Å². The van der Waals surface area contributed by atoms with Gasteiger partial charge in [0.05, 0.1) is 12.6 Å². The van der Waals surface area contributed by atoms with Crippen LogP contribution >= 0.6 is 0 Å². The molecule has 0 aliphatic heterocycles. The first-order valence-electron chi connectivity index (χ1n) is 6.93. The number of phenols is 1. The number of hydrogen-bond acceptors (Lipinski definition) is 5. The molecule has 3 N–H and O–H groups in total. The lowest BCUT2D eigenvalue weighted by Gasteiger charge is -2.30. The number of carbonyl (C=O) groups excluding carboxylic acids is 2. The Morgan fingerprint density at radius 2 is 2.05 bits per heavy atom. The summed E-state index contributed by atoms with van der Waals surface area (Å²) >= 11 is 0. The second kappa shape index (κ2) is 7.64. The van der Waals surface area contributed by atoms with Gasteiger partial charge >= 0.3 is 5.97 Å². The number of nitrogens with zero attached hydrogens (tertiary/aromatic N) is 1. The molecule has 0 saturated carbocycles. The summed E-state index contributed by atoms with van der Waals surface area (Å²) in [6.45, 7) is 5.84. The van der Waals surface area contributed by atoms with Crippen molar-refractivity contribution >= 4 is 11.9 Å². The van der Waals surface area contributed by atoms with E-state index in [-0.39, 0.29) is 18.4 Å². The molecule has 0 saturated heterocycles. The Morgan fingerprint density at radius 3 is 2.57 bits per heavy atom. The Labute approximate surface area is 124 Å². The molecule has 1 aromatic rings. The third kappa shape index (κ3) is 4.19. The number of aromatic hydroxyl groups is 1. The first-order valence-corrected chi connectivity index (χ1v) is 6.93. The van der Waals surface area contributed by atoms with Crippen LogP contribution in [0.5, 0.6) is 5.75 Å². The van der Waals surface area contributed by atoms with Gasteiger partial charge in [-0.25, -0.2) is 4.79 Å². The molecule has 2 atom stereocenters. The summed E-state index contributed by atoms with van der Waals surface area (Å²) in [5.74, 6) is -1.10. The third-order valence-electron chi connectivity index (χ3n) is 3.25. The van der Waals surface area contributed by atoms with Crippen LogP contribution in [0, 0.1) is 0 Å². The van der Waals surface area contributed by atoms with E-state index in [4.69, 9.17) is 10.5 Å². The lowest BCUT2D eigenvalue weighted by Crippen LogP contribution is -2.49. The van der Waals surface area contributed by atoms with Crippen LogP contribution in [-0.4, -0.2) is 41.1 Å². The predicted octanol–water partition coefficient (Wildman–Crippen LogP) is 1.19. The number of rotatable bonds is 6. The SMILES string of the molecule is CCOC(=O)C(N)C(=O)N(CC)C(C)c1cccc(O)c1. The van der Waals surface area contributed by atoms with Gasteiger partial charge in [0.1, 0.15) is 5.75 Å². The number of ether oxygens (including phenoxy) is 1. The van der Waals surface area contributed by atoms with E-state index in [1.165, 1.54) is 4.90 Å². The first-order chi connectivity index (χ1) is 9.92. The largest absolute Gasteiger partial charge is 0.508 e. The standard InChI is InChI=1S/C15H22N2O4/c1-4-17(14(19)13(16)15(20)21-5-2)10(3)11-7-6-8-12(18)9-11/h6-10,13,18H,4-5,16H2,1-3H3. The lowest BCUT2D eigenvalue weighted by molar-refractivity contribution is -0.151. The molecule has 6 heteroatoms. The maximum atomic E-state index is 12.3. The summed E-state index contributed by atoms with van der Waals surface area (Å²) < 4.78 is 4.77. The molecule has 1 rings (SSSR count). The number of hydrogen-bond donors (Lipinski definition) is 2. The quantitative estimate of drug-likeness (QED) is 0.607. The van der Waals surface area contributed by atoms with E-state index in [2.05, 4.69) is 0 Å². The molecule has 2 unspecified atom stereocenters. The van der Waals surface area contributed by atoms with Crippen molar-refractivity contribution in [2.24, 2.45) is 5.73 Å². The van der Waals surface area contributed by atoms with Crippen LogP contribution in [0.15, 0.2) is 24.3 Å². The topological polar surface area (TPSA) is 92.9 Å². The summed E-state index contributed by atoms with van der Waals surface area (Å²) in [6, 6.07) is 5.00. The van der Waals surface area contributed by atoms with Crippen molar-refractivity contribution in [3.05, 3.63) is 29.8 Å². The van der Waals surface area contributed by atoms with Gasteiger partial charge in [-0.15, -0.1) is 0 Å². The normalized spacial score (nSPS) is 13.3. The maximum absolute atomic E-state index is 12.3. The molecule has 0 radical (unpaired) electrons. The predicted molar refractivity (Wildman–Crippen MR) is 78.5 cm³/mol. The van der Waals surface area contributed by atoms with Crippen molar-refractivity contribution in [3.63, 3.8) is 0 Å². The molecular formula is C15H22N2O4. The third-order valence-corrected chi connectivity index (χ3v) is 3.25. The summed E-state index contributed by atoms with van der Waals surface area (Å²) in [7, 11) is 0. The average molecular weight is 294 g/mol. The van der Waals surface area contributed by atoms with Crippen molar-refractivity contribution in [1.82, 2.24) is 4.90 Å². The minimum Gasteiger partial charge on any atom is -0.508 e. The molecule has 0 aliphatic rings. The molecule has 6 nitrogen and oxygen atoms in total. The minimum atomic E-state index is -1.33. The van der Waals surface area contributed by atoms with Crippen LogP contribution in [0.3, 0.4) is 0 Å². The number of benzene rings is 1. The summed E-state index contributed by atoms with van der Waals surface area (Å²) in [6.07, 6.45) is 0. The Balaban J connectivity index is 2.91. The molecule has 21 heavy (non-hydrogen) atoms. The van der Waals surface area contributed by atoms with Crippen molar-refractivity contribution in [2.45, 2.75) is 32.9 Å². The van der Waals surface area contributed by atoms with E-state index in [1.807, 2.05) is 6.92 Å². The fourth-order valence-electron chi connectivity index (χ4n) is 2.10. The van der Waals surface area contributed by atoms with E-state index in [0.29, 0.717) is 6.54 Å². The Kier molecular flexibility index (Phi) is 6.17. The van der Waals surface area contributed by atoms with Crippen LogP contribution in [0.4, 0.5) is 0 Å². The van der Waals surface area contributed by atoms with Crippen molar-refractivity contribution in [2.75, 3.05) is 13.2 Å². The summed E-state index contributed by atoms with van der Waals surface area (Å²) in [5, 5.41) is 9.52. The summed E-state index contributed by atoms with van der Waals surface area (Å²) in [5.41, 5.74) is 6.42. The molecule has 0 bridgehead atoms. The highest BCUT2D eigenvalue weighted by Crippen LogP contribution is 2.23. The highest BCUT2D eigenvalue weighted by Gasteiger charge is 2.30. The zero-order valence-corrected chi connectivity index (χ0v) is 12.6. The highest BCUT2D eigenvalue weighted by atomic mass is 16.5. The van der Waals surface area contributed by atoms with Gasteiger partial charge in [-0.3, -0.25) is 4.79 Å². The fraction of sp³-hybridized carbons (Fsp3) is 0.467. The van der Waals surface area contributed by atoms with Gasteiger partial charge in [-0.05, 0) is 38.5 Å². The Morgan fingerprint density at radius 1 is 1.38 bits per heavy atom. The zero-order valence-electron chi connectivity index (χ0n) is 12.6. The number of carbonyl (C=O) groups is 2. The molecular weight excluding hydrogens is 272 g/mol. The first kappa shape index (κ1) is 17.0. The van der Waals surface area contributed by atoms with E-state index < -0.39 is 17.9 Å². The average Bonchev–Trinajstić information content (AvgIpc) is 2.47. The van der Waals surface area contributed by atoms with Gasteiger partial charge in [0.2, 0.25) is 0 Å². The number of likely N-dealkylation sites (N-methyl/N-ethyl adjacent to an activating group) is 1. The Hall–Kier alpha value is -2.08. The fourth-order valence-corrected chi connectivity index (χ4v) is 2.10. The van der Waals surface area contributed by atoms with Crippen molar-refractivity contribution in [3.8, 4) is 5.75 Å². The van der Waals surface area contributed by atoms with Crippen LogP contribution in [0.2, 0.25) is 0 Å². The molecule has 0 aliphatic carbocycles. The van der Waals surface area contributed by atoms with E-state index in [1.54, 1.807) is 38.1 Å². The van der Waals surface area contributed by atoms with E-state index in [9.17, 15) is 14.7 Å². The van der Waals surface area contributed by atoms with Crippen molar-refractivity contribution in [1.29, 1.82) is 0 Å². The second-order valence-electron chi connectivity index (χ2n) is 4.62. The van der Waals surface area contributed by atoms with Gasteiger partial charge < -0.3 is 20.5 Å². The van der Waals surface area contributed by atoms with Crippen molar-refractivity contribution < 1.29 is 19.4 Å². The molecule has 1 amide bonds. The van der Waals surface area contributed by atoms with Crippen LogP contribution in [0.25, 0.3) is 0 Å². The molecule has 116 valence electrons. The van der Waals surface area contributed by atoms with Crippen LogP contribution in [0.1, 0.15) is 32.4 Å². The van der Waals surface area contributed by atoms with E-state index >= 15 is 0 Å². The summed E-state index contributed by atoms with van der Waals surface area (Å²) in [4.78, 5) is 25.4. The second-order valence-corrected chi connectivity index (χ2v) is 4.62. The number of nitrogens with two attached hydrogens (primary N) is 1. The van der Waals surface area contributed by atoms with Gasteiger partial charge in [0.25, 0.3) is 5.91 Å². The smallest absolute Gasteiger partial charge is 0.332 e. The molecule has 1 aromatic carbocycles. The Bertz CT molecular complexity index is 504. The lowest BCUT2D eigenvalue weighted by atomic mass is 10.1. The number of phenolic OH excluding ortho intramolecular Hbond substituents is 1. The minimum absolute atomic E-state index is 0.123. The number of amides is 1. The molecule has 0 spiro atoms. The van der Waals surface area contributed by atoms with Crippen LogP contribution < -0.4 is 5.73 Å².